The van der Waals surface area contributed by atoms with Crippen molar-refractivity contribution in [2.24, 2.45) is 0 Å². The summed E-state index contributed by atoms with van der Waals surface area (Å²) >= 11 is 0. The molecule has 3 aromatic rings. The van der Waals surface area contributed by atoms with Gasteiger partial charge in [0.05, 0.1) is 22.8 Å². The van der Waals surface area contributed by atoms with Crippen LogP contribution < -0.4 is 0 Å². The van der Waals surface area contributed by atoms with Crippen LogP contribution in [0.25, 0.3) is 44.4 Å². The van der Waals surface area contributed by atoms with Crippen molar-refractivity contribution in [1.82, 2.24) is 19.9 Å². The first-order chi connectivity index (χ1) is 22.7. The Balaban J connectivity index is 0.00000541. The Bertz CT molecular complexity index is 1960. The Hall–Kier alpha value is -4.83. The number of hydrogen-bond donors (Lipinski definition) is 6. The van der Waals surface area contributed by atoms with Crippen LogP contribution in [0.1, 0.15) is 97.4 Å². The van der Waals surface area contributed by atoms with Crippen LogP contribution in [-0.4, -0.2) is 64.2 Å². The molecule has 0 atom stereocenters. The van der Waals surface area contributed by atoms with E-state index >= 15 is 0 Å². The molecule has 0 radical (unpaired) electrons. The molecule has 0 fully saturated rings. The fourth-order valence-corrected chi connectivity index (χ4v) is 6.42. The summed E-state index contributed by atoms with van der Waals surface area (Å²) in [6, 6.07) is 7.40. The summed E-state index contributed by atoms with van der Waals surface area (Å²) in [5, 5.41) is 38.0. The van der Waals surface area contributed by atoms with E-state index in [2.05, 4.69) is 9.97 Å². The van der Waals surface area contributed by atoms with E-state index in [1.807, 2.05) is 52.0 Å². The van der Waals surface area contributed by atoms with E-state index in [-0.39, 0.29) is 72.4 Å². The van der Waals surface area contributed by atoms with Crippen molar-refractivity contribution in [1.29, 1.82) is 0 Å². The number of carboxylic acids is 4. The zero-order chi connectivity index (χ0) is 34.9. The summed E-state index contributed by atoms with van der Waals surface area (Å²) in [7, 11) is 0. The fraction of sp³-hybridized carbons (Fsp3) is 0.333. The normalized spacial score (nSPS) is 12.7. The molecule has 13 heteroatoms. The number of allylic oxidation sites excluding steroid dienone is 4. The van der Waals surface area contributed by atoms with Crippen LogP contribution >= 0.6 is 0 Å². The molecule has 0 amide bonds. The minimum atomic E-state index is -0.944. The van der Waals surface area contributed by atoms with Gasteiger partial charge in [0, 0.05) is 47.8 Å². The number of carboxylic acid groups (broad SMARTS) is 4. The van der Waals surface area contributed by atoms with E-state index in [0.717, 1.165) is 44.5 Å². The van der Waals surface area contributed by atoms with E-state index in [1.54, 1.807) is 0 Å². The van der Waals surface area contributed by atoms with Crippen molar-refractivity contribution in [2.75, 3.05) is 0 Å². The molecule has 0 unspecified atom stereocenters. The van der Waals surface area contributed by atoms with Gasteiger partial charge in [-0.05, 0) is 122 Å². The summed E-state index contributed by atoms with van der Waals surface area (Å²) in [6.45, 7) is 7.57. The molecule has 0 saturated carbocycles. The quantitative estimate of drug-likeness (QED) is 0.116. The number of H-pyrrole nitrogens is 2. The molecule has 5 rings (SSSR count). The first-order valence-electron chi connectivity index (χ1n) is 15.7. The molecule has 0 aromatic carbocycles. The smallest absolute Gasteiger partial charge is 0.481 e. The summed E-state index contributed by atoms with van der Waals surface area (Å²) < 4.78 is 0. The Kier molecular flexibility index (Phi) is 11.4. The van der Waals surface area contributed by atoms with Gasteiger partial charge in [-0.2, -0.15) is 0 Å². The van der Waals surface area contributed by atoms with Gasteiger partial charge in [0.15, 0.2) is 0 Å². The molecule has 0 saturated heterocycles. The fourth-order valence-electron chi connectivity index (χ4n) is 6.42. The van der Waals surface area contributed by atoms with Gasteiger partial charge in [-0.25, -0.2) is 9.97 Å². The number of nitrogens with one attached hydrogen (secondary N) is 2. The SMILES string of the molecule is CC1=C(CCC(=O)O)c2cc3[nH]c(cc4[nH]c(cc5nc(cc1n2)C(C)=C5CCC(=O)O)c(C)c4CCC(=O)O)c(CCC(=O)O)c3C.[Pt+2]. The number of aryl methyl sites for hydroxylation is 4. The van der Waals surface area contributed by atoms with Gasteiger partial charge in [0.2, 0.25) is 0 Å². The molecular formula is C36H38N4O8Pt+2. The van der Waals surface area contributed by atoms with Crippen LogP contribution in [0.3, 0.4) is 0 Å². The maximum Gasteiger partial charge on any atom is 2.00 e. The maximum atomic E-state index is 11.6. The molecule has 6 N–H and O–H groups in total. The first kappa shape index (κ1) is 37.0. The molecule has 0 aliphatic carbocycles. The van der Waals surface area contributed by atoms with Gasteiger partial charge < -0.3 is 30.4 Å². The predicted octanol–water partition coefficient (Wildman–Crippen LogP) is 6.55. The van der Waals surface area contributed by atoms with E-state index in [9.17, 15) is 39.6 Å². The minimum Gasteiger partial charge on any atom is -0.481 e. The monoisotopic (exact) mass is 849 g/mol. The number of rotatable bonds is 12. The number of aromatic nitrogens is 4. The van der Waals surface area contributed by atoms with E-state index in [0.29, 0.717) is 44.8 Å². The topological polar surface area (TPSA) is 207 Å². The average molecular weight is 850 g/mol. The number of nitrogens with zero attached hydrogens (tertiary/aromatic N) is 2. The third kappa shape index (κ3) is 8.08. The Morgan fingerprint density at radius 1 is 0.510 bits per heavy atom. The van der Waals surface area contributed by atoms with Gasteiger partial charge in [-0.1, -0.05) is 0 Å². The summed E-state index contributed by atoms with van der Waals surface area (Å²) in [6.07, 6.45) is 0.562. The second-order valence-corrected chi connectivity index (χ2v) is 12.2. The van der Waals surface area contributed by atoms with Crippen LogP contribution in [0.5, 0.6) is 0 Å². The van der Waals surface area contributed by atoms with E-state index in [4.69, 9.17) is 9.97 Å². The largest absolute Gasteiger partial charge is 2.00 e. The van der Waals surface area contributed by atoms with Gasteiger partial charge in [0.1, 0.15) is 0 Å². The molecule has 12 nitrogen and oxygen atoms in total. The molecule has 2 aliphatic rings. The van der Waals surface area contributed by atoms with Gasteiger partial charge in [0.25, 0.3) is 0 Å². The number of carbonyl (C=O) groups is 4. The Morgan fingerprint density at radius 2 is 0.857 bits per heavy atom. The number of fused-ring (bicyclic) bond motifs is 8. The Morgan fingerprint density at radius 3 is 1.20 bits per heavy atom. The maximum absolute atomic E-state index is 11.6. The molecule has 3 aromatic heterocycles. The summed E-state index contributed by atoms with van der Waals surface area (Å²) in [5.41, 5.74) is 11.4. The van der Waals surface area contributed by atoms with E-state index < -0.39 is 23.9 Å². The second-order valence-electron chi connectivity index (χ2n) is 12.2. The van der Waals surface area contributed by atoms with Crippen molar-refractivity contribution < 1.29 is 60.7 Å². The molecule has 258 valence electrons. The van der Waals surface area contributed by atoms with Gasteiger partial charge >= 0.3 is 44.9 Å². The van der Waals surface area contributed by atoms with Crippen LogP contribution in [0.2, 0.25) is 0 Å². The van der Waals surface area contributed by atoms with Crippen LogP contribution in [0.4, 0.5) is 0 Å². The first-order valence-corrected chi connectivity index (χ1v) is 15.7. The molecule has 49 heavy (non-hydrogen) atoms. The number of aliphatic carboxylic acids is 4. The molecular weight excluding hydrogens is 811 g/mol. The van der Waals surface area contributed by atoms with E-state index in [1.165, 1.54) is 0 Å². The van der Waals surface area contributed by atoms with Crippen LogP contribution in [-0.2, 0) is 53.1 Å². The standard InChI is InChI=1S/C36H38N4O8.Pt/c1-17-21(5-9-33(41)42)29-14-27-19(3)23(7-11-35(45)46)31(39-27)16-32-24(8-12-36(47)48)20(4)28(40-32)15-30-22(6-10-34(43)44)18(2)26(38-30)13-25(17)37-29;/h13-16,39-40H,5-12H2,1-4H3,(H,41,42)(H,43,44)(H,45,46)(H,47,48);/q;+2. The van der Waals surface area contributed by atoms with Crippen molar-refractivity contribution in [3.05, 3.63) is 69.3 Å². The van der Waals surface area contributed by atoms with Crippen molar-refractivity contribution >= 4 is 68.2 Å². The molecule has 0 spiro atoms. The van der Waals surface area contributed by atoms with Gasteiger partial charge in [-0.15, -0.1) is 0 Å². The van der Waals surface area contributed by atoms with Crippen LogP contribution in [0.15, 0.2) is 24.3 Å². The zero-order valence-electron chi connectivity index (χ0n) is 27.6. The summed E-state index contributed by atoms with van der Waals surface area (Å²) in [5.74, 6) is -3.77. The van der Waals surface area contributed by atoms with Crippen molar-refractivity contribution in [3.8, 4) is 0 Å². The molecule has 8 bridgehead atoms. The van der Waals surface area contributed by atoms with Crippen molar-refractivity contribution in [2.45, 2.75) is 79.1 Å². The van der Waals surface area contributed by atoms with Crippen LogP contribution in [0, 0.1) is 13.8 Å². The average Bonchev–Trinajstić information content (AvgIpc) is 3.66. The third-order valence-electron chi connectivity index (χ3n) is 9.16. The minimum absolute atomic E-state index is 0. The molecule has 2 aliphatic heterocycles. The molecule has 5 heterocycles. The summed E-state index contributed by atoms with van der Waals surface area (Å²) in [4.78, 5) is 63.1. The zero-order valence-corrected chi connectivity index (χ0v) is 29.9. The predicted molar refractivity (Wildman–Crippen MR) is 181 cm³/mol. The number of hydrogen-bond acceptors (Lipinski definition) is 6. The van der Waals surface area contributed by atoms with Gasteiger partial charge in [-0.3, -0.25) is 19.2 Å². The third-order valence-corrected chi connectivity index (χ3v) is 9.16. The Labute approximate surface area is 296 Å². The number of aromatic amines is 2. The second kappa shape index (κ2) is 15.2. The van der Waals surface area contributed by atoms with Crippen molar-refractivity contribution in [3.63, 3.8) is 0 Å².